The van der Waals surface area contributed by atoms with Gasteiger partial charge in [0.25, 0.3) is 0 Å². The van der Waals surface area contributed by atoms with E-state index in [0.717, 1.165) is 28.8 Å². The molecular weight excluding hydrogens is 358 g/mol. The van der Waals surface area contributed by atoms with Crippen LogP contribution >= 0.6 is 0 Å². The number of carbonyl (C=O) groups is 1. The molecule has 0 saturated heterocycles. The lowest BCUT2D eigenvalue weighted by molar-refractivity contribution is -0.117. The first-order chi connectivity index (χ1) is 13.6. The van der Waals surface area contributed by atoms with Crippen LogP contribution in [0.4, 0.5) is 5.69 Å². The summed E-state index contributed by atoms with van der Waals surface area (Å²) in [7, 11) is 3.19. The maximum Gasteiger partial charge on any atom is 0.231 e. The second-order valence-corrected chi connectivity index (χ2v) is 6.67. The Kier molecular flexibility index (Phi) is 4.73. The molecule has 0 bridgehead atoms. The van der Waals surface area contributed by atoms with E-state index in [1.807, 2.05) is 35.2 Å². The van der Waals surface area contributed by atoms with Gasteiger partial charge in [0.2, 0.25) is 17.6 Å². The summed E-state index contributed by atoms with van der Waals surface area (Å²) in [6.07, 6.45) is 1.08. The van der Waals surface area contributed by atoms with Crippen molar-refractivity contribution in [3.63, 3.8) is 0 Å². The van der Waals surface area contributed by atoms with Crippen LogP contribution in [-0.4, -0.2) is 36.8 Å². The van der Waals surface area contributed by atoms with Gasteiger partial charge in [-0.1, -0.05) is 5.16 Å². The van der Waals surface area contributed by atoms with E-state index in [4.69, 9.17) is 14.0 Å². The van der Waals surface area contributed by atoms with E-state index >= 15 is 0 Å². The van der Waals surface area contributed by atoms with Crippen molar-refractivity contribution in [3.8, 4) is 22.9 Å². The number of aromatic nitrogens is 2. The number of hydrogen-bond donors (Lipinski definition) is 0. The average molecular weight is 379 g/mol. The molecule has 0 radical (unpaired) electrons. The Morgan fingerprint density at radius 2 is 1.89 bits per heavy atom. The third-order valence-corrected chi connectivity index (χ3v) is 4.83. The van der Waals surface area contributed by atoms with Crippen LogP contribution in [0.3, 0.4) is 0 Å². The molecule has 0 fully saturated rings. The molecule has 4 rings (SSSR count). The molecule has 2 aromatic carbocycles. The van der Waals surface area contributed by atoms with Crippen LogP contribution in [0, 0.1) is 6.92 Å². The van der Waals surface area contributed by atoms with Gasteiger partial charge in [0.1, 0.15) is 11.5 Å². The molecule has 0 aliphatic carbocycles. The number of benzene rings is 2. The first-order valence-electron chi connectivity index (χ1n) is 9.03. The maximum absolute atomic E-state index is 12.9. The van der Waals surface area contributed by atoms with Crippen LogP contribution in [-0.2, 0) is 17.6 Å². The zero-order chi connectivity index (χ0) is 19.7. The van der Waals surface area contributed by atoms with Crippen LogP contribution in [0.25, 0.3) is 11.4 Å². The standard InChI is InChI=1S/C21H21N3O4/c1-13-22-21(23-28-13)16-4-5-19-15(11-16)6-7-24(19)20(25)10-14-8-17(26-2)12-18(9-14)27-3/h4-5,8-9,11-12H,6-7,10H2,1-3H3. The van der Waals surface area contributed by atoms with Crippen molar-refractivity contribution in [1.29, 1.82) is 0 Å². The molecule has 2 heterocycles. The number of nitrogens with zero attached hydrogens (tertiary/aromatic N) is 3. The summed E-state index contributed by atoms with van der Waals surface area (Å²) in [4.78, 5) is 19.0. The Morgan fingerprint density at radius 3 is 2.54 bits per heavy atom. The first kappa shape index (κ1) is 18.0. The molecule has 0 saturated carbocycles. The van der Waals surface area contributed by atoms with E-state index in [-0.39, 0.29) is 12.3 Å². The molecule has 28 heavy (non-hydrogen) atoms. The Bertz CT molecular complexity index is 1010. The van der Waals surface area contributed by atoms with Gasteiger partial charge in [-0.25, -0.2) is 0 Å². The van der Waals surface area contributed by atoms with Gasteiger partial charge in [-0.2, -0.15) is 4.98 Å². The van der Waals surface area contributed by atoms with E-state index in [9.17, 15) is 4.79 Å². The van der Waals surface area contributed by atoms with Crippen molar-refractivity contribution in [2.24, 2.45) is 0 Å². The highest BCUT2D eigenvalue weighted by molar-refractivity contribution is 5.97. The number of amides is 1. The number of anilines is 1. The molecule has 7 heteroatoms. The van der Waals surface area contributed by atoms with E-state index in [1.54, 1.807) is 27.2 Å². The number of carbonyl (C=O) groups excluding carboxylic acids is 1. The SMILES string of the molecule is COc1cc(CC(=O)N2CCc3cc(-c4noc(C)n4)ccc32)cc(OC)c1. The Balaban J connectivity index is 1.55. The van der Waals surface area contributed by atoms with Gasteiger partial charge < -0.3 is 18.9 Å². The van der Waals surface area contributed by atoms with E-state index < -0.39 is 0 Å². The van der Waals surface area contributed by atoms with E-state index in [0.29, 0.717) is 29.8 Å². The lowest BCUT2D eigenvalue weighted by Crippen LogP contribution is -2.30. The maximum atomic E-state index is 12.9. The molecule has 1 aromatic heterocycles. The van der Waals surface area contributed by atoms with Crippen molar-refractivity contribution in [2.45, 2.75) is 19.8 Å². The molecule has 0 atom stereocenters. The normalized spacial score (nSPS) is 12.8. The second-order valence-electron chi connectivity index (χ2n) is 6.67. The molecule has 1 aliphatic rings. The summed E-state index contributed by atoms with van der Waals surface area (Å²) in [5.74, 6) is 2.47. The minimum absolute atomic E-state index is 0.0391. The van der Waals surface area contributed by atoms with Crippen LogP contribution in [0.2, 0.25) is 0 Å². The van der Waals surface area contributed by atoms with E-state index in [2.05, 4.69) is 10.1 Å². The Labute approximate surface area is 162 Å². The van der Waals surface area contributed by atoms with Gasteiger partial charge in [-0.3, -0.25) is 4.79 Å². The van der Waals surface area contributed by atoms with E-state index in [1.165, 1.54) is 0 Å². The molecule has 144 valence electrons. The number of rotatable bonds is 5. The van der Waals surface area contributed by atoms with Crippen molar-refractivity contribution in [1.82, 2.24) is 10.1 Å². The highest BCUT2D eigenvalue weighted by Gasteiger charge is 2.25. The van der Waals surface area contributed by atoms with Gasteiger partial charge in [-0.05, 0) is 47.9 Å². The topological polar surface area (TPSA) is 77.7 Å². The van der Waals surface area contributed by atoms with Crippen molar-refractivity contribution in [3.05, 3.63) is 53.4 Å². The van der Waals surface area contributed by atoms with Crippen LogP contribution in [0.15, 0.2) is 40.9 Å². The fraction of sp³-hybridized carbons (Fsp3) is 0.286. The lowest BCUT2D eigenvalue weighted by Gasteiger charge is -2.18. The van der Waals surface area contributed by atoms with Gasteiger partial charge in [-0.15, -0.1) is 0 Å². The molecule has 0 N–H and O–H groups in total. The first-order valence-corrected chi connectivity index (χ1v) is 9.03. The van der Waals surface area contributed by atoms with Crippen LogP contribution in [0.5, 0.6) is 11.5 Å². The fourth-order valence-electron chi connectivity index (χ4n) is 3.45. The molecule has 3 aromatic rings. The van der Waals surface area contributed by atoms with Gasteiger partial charge in [0, 0.05) is 30.8 Å². The molecule has 1 amide bonds. The van der Waals surface area contributed by atoms with Crippen molar-refractivity contribution >= 4 is 11.6 Å². The monoisotopic (exact) mass is 379 g/mol. The predicted molar refractivity (Wildman–Crippen MR) is 104 cm³/mol. The van der Waals surface area contributed by atoms with Crippen molar-refractivity contribution in [2.75, 3.05) is 25.7 Å². The highest BCUT2D eigenvalue weighted by atomic mass is 16.5. The molecule has 7 nitrogen and oxygen atoms in total. The molecule has 0 unspecified atom stereocenters. The second kappa shape index (κ2) is 7.34. The van der Waals surface area contributed by atoms with Crippen molar-refractivity contribution < 1.29 is 18.8 Å². The zero-order valence-corrected chi connectivity index (χ0v) is 16.1. The number of fused-ring (bicyclic) bond motifs is 1. The summed E-state index contributed by atoms with van der Waals surface area (Å²) in [6.45, 7) is 2.42. The average Bonchev–Trinajstić information content (AvgIpc) is 3.33. The minimum atomic E-state index is 0.0391. The highest BCUT2D eigenvalue weighted by Crippen LogP contribution is 2.32. The van der Waals surface area contributed by atoms with Crippen LogP contribution < -0.4 is 14.4 Å². The Morgan fingerprint density at radius 1 is 1.14 bits per heavy atom. The number of ether oxygens (including phenoxy) is 2. The Hall–Kier alpha value is -3.35. The smallest absolute Gasteiger partial charge is 0.231 e. The fourth-order valence-corrected chi connectivity index (χ4v) is 3.45. The summed E-state index contributed by atoms with van der Waals surface area (Å²) in [5, 5.41) is 3.96. The van der Waals surface area contributed by atoms with Crippen LogP contribution in [0.1, 0.15) is 17.0 Å². The number of methoxy groups -OCH3 is 2. The summed E-state index contributed by atoms with van der Waals surface area (Å²) >= 11 is 0. The minimum Gasteiger partial charge on any atom is -0.497 e. The third kappa shape index (κ3) is 3.43. The summed E-state index contributed by atoms with van der Waals surface area (Å²) < 4.78 is 15.6. The molecule has 0 spiro atoms. The summed E-state index contributed by atoms with van der Waals surface area (Å²) in [6, 6.07) is 11.4. The van der Waals surface area contributed by atoms with Gasteiger partial charge >= 0.3 is 0 Å². The summed E-state index contributed by atoms with van der Waals surface area (Å²) in [5.41, 5.74) is 3.79. The zero-order valence-electron chi connectivity index (χ0n) is 16.1. The number of hydrogen-bond acceptors (Lipinski definition) is 6. The molecule has 1 aliphatic heterocycles. The molecular formula is C21H21N3O4. The predicted octanol–water partition coefficient (Wildman–Crippen LogP) is 3.19. The number of aryl methyl sites for hydroxylation is 1. The quantitative estimate of drug-likeness (QED) is 0.677. The third-order valence-electron chi connectivity index (χ3n) is 4.83. The lowest BCUT2D eigenvalue weighted by atomic mass is 10.1. The van der Waals surface area contributed by atoms with Gasteiger partial charge in [0.15, 0.2) is 0 Å². The van der Waals surface area contributed by atoms with Gasteiger partial charge in [0.05, 0.1) is 20.6 Å². The largest absolute Gasteiger partial charge is 0.497 e.